The van der Waals surface area contributed by atoms with E-state index in [4.69, 9.17) is 19.6 Å². The van der Waals surface area contributed by atoms with Crippen molar-refractivity contribution in [1.29, 1.82) is 0 Å². The maximum atomic E-state index is 5.34. The van der Waals surface area contributed by atoms with Crippen molar-refractivity contribution in [3.8, 4) is 6.08 Å². The van der Waals surface area contributed by atoms with Gasteiger partial charge in [0.25, 0.3) is 0 Å². The van der Waals surface area contributed by atoms with Gasteiger partial charge in [-0.25, -0.2) is 0 Å². The second kappa shape index (κ2) is 5.55. The molecule has 0 saturated carbocycles. The summed E-state index contributed by atoms with van der Waals surface area (Å²) in [5, 5.41) is 0. The second-order valence-electron chi connectivity index (χ2n) is 2.50. The highest BCUT2D eigenvalue weighted by molar-refractivity contribution is 4.98. The fourth-order valence-corrected chi connectivity index (χ4v) is 0.811. The number of oxazole rings is 1. The molecule has 74 valence electrons. The van der Waals surface area contributed by atoms with Crippen LogP contribution in [0.3, 0.4) is 0 Å². The van der Waals surface area contributed by atoms with Crippen LogP contribution in [0.1, 0.15) is 12.1 Å². The lowest BCUT2D eigenvalue weighted by Gasteiger charge is -1.99. The highest BCUT2D eigenvalue weighted by Crippen LogP contribution is 2.09. The molecule has 5 nitrogen and oxygen atoms in total. The molecule has 2 N–H and O–H groups in total. The monoisotopic (exact) mass is 186 g/mol. The fourth-order valence-electron chi connectivity index (χ4n) is 0.811. The van der Waals surface area contributed by atoms with Gasteiger partial charge in [0, 0.05) is 26.7 Å². The van der Waals surface area contributed by atoms with E-state index in [0.717, 1.165) is 6.42 Å². The Morgan fingerprint density at radius 3 is 3.00 bits per heavy atom. The first-order chi connectivity index (χ1) is 6.36. The predicted octanol–water partition coefficient (Wildman–Crippen LogP) is 0.549. The standard InChI is InChI=1S/C8H14N2O3/c1-11-3-2-4-12-8-10-7(5-9)6-13-8/h6H,2-5,9H2,1H3. The van der Waals surface area contributed by atoms with E-state index in [1.165, 1.54) is 6.26 Å². The van der Waals surface area contributed by atoms with Gasteiger partial charge in [0.15, 0.2) is 0 Å². The molecule has 0 aliphatic rings. The van der Waals surface area contributed by atoms with Gasteiger partial charge in [0.1, 0.15) is 6.26 Å². The van der Waals surface area contributed by atoms with Crippen LogP contribution in [0.4, 0.5) is 0 Å². The van der Waals surface area contributed by atoms with Gasteiger partial charge in [-0.3, -0.25) is 0 Å². The quantitative estimate of drug-likeness (QED) is 0.657. The third kappa shape index (κ3) is 3.43. The molecule has 0 atom stereocenters. The van der Waals surface area contributed by atoms with Crippen molar-refractivity contribution in [3.05, 3.63) is 12.0 Å². The number of aromatic nitrogens is 1. The molecular formula is C8H14N2O3. The summed E-state index contributed by atoms with van der Waals surface area (Å²) < 4.78 is 15.0. The van der Waals surface area contributed by atoms with Crippen molar-refractivity contribution < 1.29 is 13.9 Å². The zero-order chi connectivity index (χ0) is 9.52. The van der Waals surface area contributed by atoms with E-state index in [2.05, 4.69) is 4.98 Å². The fraction of sp³-hybridized carbons (Fsp3) is 0.625. The van der Waals surface area contributed by atoms with Crippen molar-refractivity contribution in [2.75, 3.05) is 20.3 Å². The zero-order valence-corrected chi connectivity index (χ0v) is 7.66. The number of nitrogens with two attached hydrogens (primary N) is 1. The lowest BCUT2D eigenvalue weighted by molar-refractivity contribution is 0.157. The summed E-state index contributed by atoms with van der Waals surface area (Å²) in [5.74, 6) is 0. The highest BCUT2D eigenvalue weighted by atomic mass is 16.6. The van der Waals surface area contributed by atoms with E-state index < -0.39 is 0 Å². The average molecular weight is 186 g/mol. The van der Waals surface area contributed by atoms with Crippen LogP contribution < -0.4 is 10.5 Å². The molecule has 0 aliphatic carbocycles. The van der Waals surface area contributed by atoms with E-state index in [1.54, 1.807) is 7.11 Å². The number of hydrogen-bond donors (Lipinski definition) is 1. The Labute approximate surface area is 76.8 Å². The lowest BCUT2D eigenvalue weighted by atomic mass is 10.5. The molecule has 1 rings (SSSR count). The topological polar surface area (TPSA) is 70.5 Å². The van der Waals surface area contributed by atoms with Gasteiger partial charge in [0.05, 0.1) is 12.3 Å². The molecule has 5 heteroatoms. The highest BCUT2D eigenvalue weighted by Gasteiger charge is 2.02. The van der Waals surface area contributed by atoms with Gasteiger partial charge >= 0.3 is 6.08 Å². The summed E-state index contributed by atoms with van der Waals surface area (Å²) in [5.41, 5.74) is 6.04. The van der Waals surface area contributed by atoms with Crippen molar-refractivity contribution in [2.24, 2.45) is 5.73 Å². The molecule has 0 saturated heterocycles. The number of rotatable bonds is 6. The minimum atomic E-state index is 0.275. The zero-order valence-electron chi connectivity index (χ0n) is 7.66. The third-order valence-electron chi connectivity index (χ3n) is 1.46. The normalized spacial score (nSPS) is 10.3. The number of methoxy groups -OCH3 is 1. The Balaban J connectivity index is 2.20. The maximum absolute atomic E-state index is 5.34. The van der Waals surface area contributed by atoms with Gasteiger partial charge in [-0.2, -0.15) is 4.98 Å². The van der Waals surface area contributed by atoms with Crippen LogP contribution in [0, 0.1) is 0 Å². The van der Waals surface area contributed by atoms with Gasteiger partial charge in [0.2, 0.25) is 0 Å². The average Bonchev–Trinajstić information content (AvgIpc) is 2.60. The summed E-state index contributed by atoms with van der Waals surface area (Å²) in [6.07, 6.45) is 2.58. The molecule has 0 amide bonds. The smallest absolute Gasteiger partial charge is 0.393 e. The molecule has 1 aromatic heterocycles. The second-order valence-corrected chi connectivity index (χ2v) is 2.50. The van der Waals surface area contributed by atoms with E-state index >= 15 is 0 Å². The van der Waals surface area contributed by atoms with Crippen molar-refractivity contribution >= 4 is 0 Å². The first kappa shape index (κ1) is 10.0. The first-order valence-electron chi connectivity index (χ1n) is 4.13. The third-order valence-corrected chi connectivity index (χ3v) is 1.46. The Morgan fingerprint density at radius 2 is 2.38 bits per heavy atom. The SMILES string of the molecule is COCCCOc1nc(CN)co1. The van der Waals surface area contributed by atoms with Crippen molar-refractivity contribution in [2.45, 2.75) is 13.0 Å². The molecule has 1 heterocycles. The number of nitrogens with zero attached hydrogens (tertiary/aromatic N) is 1. The van der Waals surface area contributed by atoms with Gasteiger partial charge in [-0.05, 0) is 0 Å². The van der Waals surface area contributed by atoms with Crippen LogP contribution in [-0.4, -0.2) is 25.3 Å². The summed E-state index contributed by atoms with van der Waals surface area (Å²) in [6, 6.07) is 0. The van der Waals surface area contributed by atoms with Crippen LogP contribution in [0.5, 0.6) is 6.08 Å². The van der Waals surface area contributed by atoms with Gasteiger partial charge < -0.3 is 19.6 Å². The molecule has 0 aromatic carbocycles. The predicted molar refractivity (Wildman–Crippen MR) is 46.4 cm³/mol. The Kier molecular flexibility index (Phi) is 4.28. The summed E-state index contributed by atoms with van der Waals surface area (Å²) >= 11 is 0. The summed E-state index contributed by atoms with van der Waals surface area (Å²) in [7, 11) is 1.65. The molecule has 0 unspecified atom stereocenters. The van der Waals surface area contributed by atoms with Crippen LogP contribution in [0.2, 0.25) is 0 Å². The Morgan fingerprint density at radius 1 is 1.54 bits per heavy atom. The molecule has 0 spiro atoms. The lowest BCUT2D eigenvalue weighted by Crippen LogP contribution is -2.02. The first-order valence-corrected chi connectivity index (χ1v) is 4.13. The minimum absolute atomic E-state index is 0.275. The van der Waals surface area contributed by atoms with E-state index in [1.807, 2.05) is 0 Å². The van der Waals surface area contributed by atoms with E-state index in [0.29, 0.717) is 25.5 Å². The van der Waals surface area contributed by atoms with E-state index in [9.17, 15) is 0 Å². The van der Waals surface area contributed by atoms with Crippen LogP contribution in [0.15, 0.2) is 10.7 Å². The van der Waals surface area contributed by atoms with Crippen molar-refractivity contribution in [1.82, 2.24) is 4.98 Å². The van der Waals surface area contributed by atoms with E-state index in [-0.39, 0.29) is 6.08 Å². The largest absolute Gasteiger partial charge is 0.450 e. The Hall–Kier alpha value is -1.07. The summed E-state index contributed by atoms with van der Waals surface area (Å²) in [6.45, 7) is 1.58. The summed E-state index contributed by atoms with van der Waals surface area (Å²) in [4.78, 5) is 3.97. The molecule has 0 bridgehead atoms. The number of ether oxygens (including phenoxy) is 2. The minimum Gasteiger partial charge on any atom is -0.450 e. The van der Waals surface area contributed by atoms with Gasteiger partial charge in [-0.1, -0.05) is 0 Å². The van der Waals surface area contributed by atoms with Crippen LogP contribution in [-0.2, 0) is 11.3 Å². The van der Waals surface area contributed by atoms with Crippen LogP contribution >= 0.6 is 0 Å². The molecule has 1 aromatic rings. The van der Waals surface area contributed by atoms with Crippen LogP contribution in [0.25, 0.3) is 0 Å². The molecular weight excluding hydrogens is 172 g/mol. The molecule has 0 fully saturated rings. The molecule has 13 heavy (non-hydrogen) atoms. The molecule has 0 radical (unpaired) electrons. The number of hydrogen-bond acceptors (Lipinski definition) is 5. The van der Waals surface area contributed by atoms with Crippen molar-refractivity contribution in [3.63, 3.8) is 0 Å². The molecule has 0 aliphatic heterocycles. The maximum Gasteiger partial charge on any atom is 0.393 e. The van der Waals surface area contributed by atoms with Gasteiger partial charge in [-0.15, -0.1) is 0 Å². The Bertz CT molecular complexity index is 237.